The normalized spacial score (nSPS) is 12.3. The third-order valence-corrected chi connectivity index (χ3v) is 4.87. The molecular weight excluding hydrogens is 394 g/mol. The summed E-state index contributed by atoms with van der Waals surface area (Å²) in [7, 11) is 1.60. The van der Waals surface area contributed by atoms with Gasteiger partial charge in [0.1, 0.15) is 11.5 Å². The van der Waals surface area contributed by atoms with Crippen molar-refractivity contribution in [2.45, 2.75) is 52.2 Å². The average Bonchev–Trinajstić information content (AvgIpc) is 3.24. The lowest BCUT2D eigenvalue weighted by Crippen LogP contribution is -2.37. The van der Waals surface area contributed by atoms with Gasteiger partial charge in [0.05, 0.1) is 13.7 Å². The molecule has 164 valence electrons. The van der Waals surface area contributed by atoms with Gasteiger partial charge in [-0.05, 0) is 41.7 Å². The number of hydrogen-bond donors (Lipinski definition) is 1. The number of aromatic nitrogens is 2. The number of benzene rings is 2. The van der Waals surface area contributed by atoms with E-state index in [2.05, 4.69) is 36.2 Å². The van der Waals surface area contributed by atoms with Crippen LogP contribution in [0.15, 0.2) is 53.1 Å². The van der Waals surface area contributed by atoms with Crippen LogP contribution in [0.3, 0.4) is 0 Å². The minimum atomic E-state index is -0.610. The highest BCUT2D eigenvalue weighted by atomic mass is 16.5. The Hall–Kier alpha value is -3.35. The van der Waals surface area contributed by atoms with Gasteiger partial charge in [-0.3, -0.25) is 4.79 Å². The molecule has 0 aliphatic rings. The first-order valence-corrected chi connectivity index (χ1v) is 10.3. The van der Waals surface area contributed by atoms with Crippen molar-refractivity contribution in [1.29, 1.82) is 0 Å². The van der Waals surface area contributed by atoms with Crippen LogP contribution in [-0.4, -0.2) is 29.3 Å². The number of carbonyl (C=O) groups excluding carboxylic acids is 1. The Kier molecular flexibility index (Phi) is 6.95. The SMILES string of the molecule is CCC(Oc1ccc(C(C)(C)C)cc1)C(=O)NCc1nc(-c2cccc(OC)c2)no1. The van der Waals surface area contributed by atoms with Gasteiger partial charge in [0.25, 0.3) is 5.91 Å². The lowest BCUT2D eigenvalue weighted by Gasteiger charge is -2.20. The molecule has 1 unspecified atom stereocenters. The zero-order chi connectivity index (χ0) is 22.4. The summed E-state index contributed by atoms with van der Waals surface area (Å²) in [6.07, 6.45) is -0.0765. The third kappa shape index (κ3) is 5.84. The molecule has 3 rings (SSSR count). The number of rotatable bonds is 8. The number of hydrogen-bond acceptors (Lipinski definition) is 6. The molecule has 1 atom stereocenters. The highest BCUT2D eigenvalue weighted by Crippen LogP contribution is 2.25. The number of amides is 1. The molecule has 1 amide bonds. The molecule has 3 aromatic rings. The number of carbonyl (C=O) groups is 1. The first-order valence-electron chi connectivity index (χ1n) is 10.3. The zero-order valence-corrected chi connectivity index (χ0v) is 18.6. The molecule has 2 aromatic carbocycles. The van der Waals surface area contributed by atoms with Crippen molar-refractivity contribution >= 4 is 5.91 Å². The molecule has 1 aromatic heterocycles. The van der Waals surface area contributed by atoms with E-state index in [-0.39, 0.29) is 17.9 Å². The van der Waals surface area contributed by atoms with Crippen LogP contribution in [0.4, 0.5) is 0 Å². The van der Waals surface area contributed by atoms with Gasteiger partial charge in [-0.15, -0.1) is 0 Å². The van der Waals surface area contributed by atoms with E-state index in [9.17, 15) is 4.79 Å². The van der Waals surface area contributed by atoms with Crippen molar-refractivity contribution in [2.24, 2.45) is 0 Å². The number of nitrogens with zero attached hydrogens (tertiary/aromatic N) is 2. The largest absolute Gasteiger partial charge is 0.497 e. The molecule has 0 saturated carbocycles. The Balaban J connectivity index is 1.58. The summed E-state index contributed by atoms with van der Waals surface area (Å²) < 4.78 is 16.4. The molecule has 0 bridgehead atoms. The van der Waals surface area contributed by atoms with E-state index < -0.39 is 6.10 Å². The summed E-state index contributed by atoms with van der Waals surface area (Å²) in [6, 6.07) is 15.2. The van der Waals surface area contributed by atoms with E-state index in [0.29, 0.717) is 29.6 Å². The van der Waals surface area contributed by atoms with Crippen LogP contribution in [0, 0.1) is 0 Å². The zero-order valence-electron chi connectivity index (χ0n) is 18.6. The van der Waals surface area contributed by atoms with E-state index in [1.165, 1.54) is 5.56 Å². The summed E-state index contributed by atoms with van der Waals surface area (Å²) in [4.78, 5) is 16.9. The minimum Gasteiger partial charge on any atom is -0.497 e. The summed E-state index contributed by atoms with van der Waals surface area (Å²) >= 11 is 0. The average molecular weight is 424 g/mol. The second-order valence-corrected chi connectivity index (χ2v) is 8.25. The third-order valence-electron chi connectivity index (χ3n) is 4.87. The fourth-order valence-electron chi connectivity index (χ4n) is 3.00. The standard InChI is InChI=1S/C24H29N3O4/c1-6-20(30-18-12-10-17(11-13-18)24(2,3)4)23(28)25-15-21-26-22(27-31-21)16-8-7-9-19(14-16)29-5/h7-14,20H,6,15H2,1-5H3,(H,25,28). The first-order chi connectivity index (χ1) is 14.8. The van der Waals surface area contributed by atoms with Crippen molar-refractivity contribution < 1.29 is 18.8 Å². The smallest absolute Gasteiger partial charge is 0.261 e. The van der Waals surface area contributed by atoms with Crippen LogP contribution in [-0.2, 0) is 16.8 Å². The van der Waals surface area contributed by atoms with E-state index in [4.69, 9.17) is 14.0 Å². The highest BCUT2D eigenvalue weighted by Gasteiger charge is 2.20. The van der Waals surface area contributed by atoms with Gasteiger partial charge < -0.3 is 19.3 Å². The molecule has 0 radical (unpaired) electrons. The summed E-state index contributed by atoms with van der Waals surface area (Å²) in [6.45, 7) is 8.49. The van der Waals surface area contributed by atoms with Crippen LogP contribution in [0.2, 0.25) is 0 Å². The Morgan fingerprint density at radius 1 is 1.13 bits per heavy atom. The Morgan fingerprint density at radius 3 is 2.52 bits per heavy atom. The second kappa shape index (κ2) is 9.64. The fourth-order valence-corrected chi connectivity index (χ4v) is 3.00. The molecule has 1 heterocycles. The summed E-state index contributed by atoms with van der Waals surface area (Å²) in [5.41, 5.74) is 2.04. The minimum absolute atomic E-state index is 0.0634. The van der Waals surface area contributed by atoms with E-state index in [1.807, 2.05) is 55.5 Å². The lowest BCUT2D eigenvalue weighted by atomic mass is 9.87. The second-order valence-electron chi connectivity index (χ2n) is 8.25. The summed E-state index contributed by atoms with van der Waals surface area (Å²) in [5, 5.41) is 6.78. The molecular formula is C24H29N3O4. The molecule has 7 heteroatoms. The van der Waals surface area contributed by atoms with Crippen molar-refractivity contribution in [3.63, 3.8) is 0 Å². The van der Waals surface area contributed by atoms with Gasteiger partial charge in [0.15, 0.2) is 6.10 Å². The maximum Gasteiger partial charge on any atom is 0.261 e. The van der Waals surface area contributed by atoms with E-state index in [1.54, 1.807) is 7.11 Å². The first kappa shape index (κ1) is 22.3. The van der Waals surface area contributed by atoms with Crippen LogP contribution < -0.4 is 14.8 Å². The van der Waals surface area contributed by atoms with Gasteiger partial charge in [-0.1, -0.05) is 57.1 Å². The molecule has 7 nitrogen and oxygen atoms in total. The van der Waals surface area contributed by atoms with Crippen molar-refractivity contribution in [1.82, 2.24) is 15.5 Å². The topological polar surface area (TPSA) is 86.5 Å². The summed E-state index contributed by atoms with van der Waals surface area (Å²) in [5.74, 6) is 1.88. The quantitative estimate of drug-likeness (QED) is 0.573. The van der Waals surface area contributed by atoms with Gasteiger partial charge in [-0.2, -0.15) is 4.98 Å². The van der Waals surface area contributed by atoms with E-state index in [0.717, 1.165) is 5.56 Å². The number of nitrogens with one attached hydrogen (secondary N) is 1. The maximum atomic E-state index is 12.6. The van der Waals surface area contributed by atoms with Crippen LogP contribution in [0.1, 0.15) is 45.6 Å². The predicted octanol–water partition coefficient (Wildman–Crippen LogP) is 4.52. The monoisotopic (exact) mass is 423 g/mol. The number of methoxy groups -OCH3 is 1. The van der Waals surface area contributed by atoms with Gasteiger partial charge in [0.2, 0.25) is 11.7 Å². The molecule has 31 heavy (non-hydrogen) atoms. The van der Waals surface area contributed by atoms with Crippen LogP contribution in [0.5, 0.6) is 11.5 Å². The van der Waals surface area contributed by atoms with E-state index >= 15 is 0 Å². The predicted molar refractivity (Wildman–Crippen MR) is 118 cm³/mol. The molecule has 0 saturated heterocycles. The van der Waals surface area contributed by atoms with Crippen molar-refractivity contribution in [2.75, 3.05) is 7.11 Å². The Morgan fingerprint density at radius 2 is 1.87 bits per heavy atom. The molecule has 0 spiro atoms. The molecule has 0 aliphatic carbocycles. The Labute approximate surface area is 182 Å². The van der Waals surface area contributed by atoms with Gasteiger partial charge in [-0.25, -0.2) is 0 Å². The lowest BCUT2D eigenvalue weighted by molar-refractivity contribution is -0.128. The van der Waals surface area contributed by atoms with Crippen LogP contribution >= 0.6 is 0 Å². The molecule has 1 N–H and O–H groups in total. The highest BCUT2D eigenvalue weighted by molar-refractivity contribution is 5.81. The molecule has 0 fully saturated rings. The van der Waals surface area contributed by atoms with Gasteiger partial charge in [0, 0.05) is 5.56 Å². The van der Waals surface area contributed by atoms with Gasteiger partial charge >= 0.3 is 0 Å². The Bertz CT molecular complexity index is 1010. The molecule has 0 aliphatic heterocycles. The maximum absolute atomic E-state index is 12.6. The van der Waals surface area contributed by atoms with Crippen LogP contribution in [0.25, 0.3) is 11.4 Å². The number of ether oxygens (including phenoxy) is 2. The van der Waals surface area contributed by atoms with Crippen molar-refractivity contribution in [3.05, 3.63) is 60.0 Å². The fraction of sp³-hybridized carbons (Fsp3) is 0.375. The van der Waals surface area contributed by atoms with Crippen molar-refractivity contribution in [3.8, 4) is 22.9 Å².